The van der Waals surface area contributed by atoms with Crippen LogP contribution in [-0.4, -0.2) is 68.9 Å². The monoisotopic (exact) mass is 318 g/mol. The molecule has 0 bridgehead atoms. The molecule has 3 rings (SSSR count). The maximum Gasteiger partial charge on any atom is 0.111 e. The number of rotatable bonds is 5. The van der Waals surface area contributed by atoms with Crippen molar-refractivity contribution in [3.63, 3.8) is 0 Å². The zero-order valence-electron chi connectivity index (χ0n) is 14.5. The van der Waals surface area contributed by atoms with Crippen LogP contribution in [0.15, 0.2) is 30.3 Å². The lowest BCUT2D eigenvalue weighted by Gasteiger charge is -2.52. The van der Waals surface area contributed by atoms with Crippen molar-refractivity contribution in [2.75, 3.05) is 53.0 Å². The summed E-state index contributed by atoms with van der Waals surface area (Å²) in [6.07, 6.45) is 2.11. The van der Waals surface area contributed by atoms with Crippen LogP contribution in [-0.2, 0) is 15.1 Å². The summed E-state index contributed by atoms with van der Waals surface area (Å²) < 4.78 is 12.2. The Balaban J connectivity index is 1.95. The first kappa shape index (κ1) is 16.9. The topological polar surface area (TPSA) is 24.9 Å². The summed E-state index contributed by atoms with van der Waals surface area (Å²) in [6, 6.07) is 11.2. The first-order valence-corrected chi connectivity index (χ1v) is 8.96. The van der Waals surface area contributed by atoms with E-state index in [0.29, 0.717) is 6.04 Å². The van der Waals surface area contributed by atoms with Crippen LogP contribution in [0.1, 0.15) is 25.3 Å². The van der Waals surface area contributed by atoms with E-state index < -0.39 is 0 Å². The van der Waals surface area contributed by atoms with Crippen LogP contribution in [0.2, 0.25) is 0 Å². The summed E-state index contributed by atoms with van der Waals surface area (Å²) in [5.41, 5.74) is 1.14. The molecule has 23 heavy (non-hydrogen) atoms. The summed E-state index contributed by atoms with van der Waals surface area (Å²) in [7, 11) is 2.22. The average molecular weight is 318 g/mol. The summed E-state index contributed by atoms with van der Waals surface area (Å²) >= 11 is 0. The fourth-order valence-electron chi connectivity index (χ4n) is 3.95. The number of piperidine rings is 1. The Morgan fingerprint density at radius 1 is 1.17 bits per heavy atom. The first-order valence-electron chi connectivity index (χ1n) is 8.96. The van der Waals surface area contributed by atoms with Gasteiger partial charge in [-0.3, -0.25) is 4.90 Å². The quantitative estimate of drug-likeness (QED) is 0.832. The molecule has 0 N–H and O–H groups in total. The number of likely N-dealkylation sites (tertiary alicyclic amines) is 1. The molecule has 4 heteroatoms. The lowest BCUT2D eigenvalue weighted by molar-refractivity contribution is -0.152. The standard InChI is InChI=1S/C19H30N2O2/c1-3-13-23-19(17-7-5-4-6-8-17)9-10-20(2)16-18(19)21-11-14-22-15-12-21/h4-8,18H,3,9-16H2,1-2H3. The molecule has 4 nitrogen and oxygen atoms in total. The number of nitrogens with zero attached hydrogens (tertiary/aromatic N) is 2. The molecule has 2 saturated heterocycles. The van der Waals surface area contributed by atoms with Gasteiger partial charge in [-0.1, -0.05) is 37.3 Å². The van der Waals surface area contributed by atoms with Crippen LogP contribution in [0.4, 0.5) is 0 Å². The van der Waals surface area contributed by atoms with Crippen LogP contribution in [0.25, 0.3) is 0 Å². The van der Waals surface area contributed by atoms with Gasteiger partial charge >= 0.3 is 0 Å². The zero-order chi connectivity index (χ0) is 16.1. The summed E-state index contributed by atoms with van der Waals surface area (Å²) in [5.74, 6) is 0. The summed E-state index contributed by atoms with van der Waals surface area (Å²) in [5, 5.41) is 0. The van der Waals surface area contributed by atoms with Crippen LogP contribution >= 0.6 is 0 Å². The van der Waals surface area contributed by atoms with Crippen molar-refractivity contribution in [1.82, 2.24) is 9.80 Å². The molecule has 0 radical (unpaired) electrons. The van der Waals surface area contributed by atoms with Gasteiger partial charge in [-0.2, -0.15) is 0 Å². The van der Waals surface area contributed by atoms with Crippen LogP contribution in [0.3, 0.4) is 0 Å². The second-order valence-electron chi connectivity index (χ2n) is 6.78. The molecular formula is C19H30N2O2. The van der Waals surface area contributed by atoms with E-state index in [1.165, 1.54) is 5.56 Å². The molecule has 0 aliphatic carbocycles. The van der Waals surface area contributed by atoms with E-state index in [0.717, 1.165) is 58.8 Å². The molecule has 2 unspecified atom stereocenters. The van der Waals surface area contributed by atoms with Gasteiger partial charge in [0, 0.05) is 32.8 Å². The fourth-order valence-corrected chi connectivity index (χ4v) is 3.95. The predicted octanol–water partition coefficient (Wildman–Crippen LogP) is 2.34. The van der Waals surface area contributed by atoms with Crippen molar-refractivity contribution in [3.05, 3.63) is 35.9 Å². The molecular weight excluding hydrogens is 288 g/mol. The molecule has 0 spiro atoms. The molecule has 0 saturated carbocycles. The van der Waals surface area contributed by atoms with Gasteiger partial charge in [-0.05, 0) is 25.5 Å². The van der Waals surface area contributed by atoms with E-state index in [1.54, 1.807) is 0 Å². The zero-order valence-corrected chi connectivity index (χ0v) is 14.5. The van der Waals surface area contributed by atoms with E-state index >= 15 is 0 Å². The van der Waals surface area contributed by atoms with E-state index in [-0.39, 0.29) is 5.60 Å². The Morgan fingerprint density at radius 3 is 2.61 bits per heavy atom. The van der Waals surface area contributed by atoms with E-state index in [2.05, 4.69) is 54.1 Å². The normalized spacial score (nSPS) is 30.4. The van der Waals surface area contributed by atoms with Gasteiger partial charge in [-0.15, -0.1) is 0 Å². The minimum Gasteiger partial charge on any atom is -0.379 e. The molecule has 0 amide bonds. The van der Waals surface area contributed by atoms with E-state index in [1.807, 2.05) is 0 Å². The highest BCUT2D eigenvalue weighted by Gasteiger charge is 2.47. The van der Waals surface area contributed by atoms with Crippen LogP contribution in [0.5, 0.6) is 0 Å². The third-order valence-electron chi connectivity index (χ3n) is 5.20. The summed E-state index contributed by atoms with van der Waals surface area (Å²) in [6.45, 7) is 8.82. The highest BCUT2D eigenvalue weighted by Crippen LogP contribution is 2.39. The number of ether oxygens (including phenoxy) is 2. The molecule has 1 aromatic rings. The second-order valence-corrected chi connectivity index (χ2v) is 6.78. The van der Waals surface area contributed by atoms with Crippen molar-refractivity contribution in [3.8, 4) is 0 Å². The average Bonchev–Trinajstić information content (AvgIpc) is 2.62. The van der Waals surface area contributed by atoms with Crippen LogP contribution in [0, 0.1) is 0 Å². The Labute approximate surface area is 140 Å². The van der Waals surface area contributed by atoms with Gasteiger partial charge in [0.1, 0.15) is 5.60 Å². The number of hydrogen-bond donors (Lipinski definition) is 0. The van der Waals surface area contributed by atoms with Crippen molar-refractivity contribution in [2.45, 2.75) is 31.4 Å². The van der Waals surface area contributed by atoms with Gasteiger partial charge in [-0.25, -0.2) is 0 Å². The van der Waals surface area contributed by atoms with Gasteiger partial charge in [0.25, 0.3) is 0 Å². The third kappa shape index (κ3) is 3.61. The molecule has 2 atom stereocenters. The van der Waals surface area contributed by atoms with Crippen molar-refractivity contribution in [2.24, 2.45) is 0 Å². The van der Waals surface area contributed by atoms with Crippen molar-refractivity contribution < 1.29 is 9.47 Å². The Morgan fingerprint density at radius 2 is 1.91 bits per heavy atom. The Bertz CT molecular complexity index is 472. The van der Waals surface area contributed by atoms with Gasteiger partial charge in [0.05, 0.1) is 19.3 Å². The highest BCUT2D eigenvalue weighted by molar-refractivity contribution is 5.26. The second kappa shape index (κ2) is 7.75. The minimum absolute atomic E-state index is 0.193. The first-order chi connectivity index (χ1) is 11.3. The lowest BCUT2D eigenvalue weighted by atomic mass is 9.79. The minimum atomic E-state index is -0.193. The number of likely N-dealkylation sites (N-methyl/N-ethyl adjacent to an activating group) is 1. The Kier molecular flexibility index (Phi) is 5.70. The van der Waals surface area contributed by atoms with Crippen molar-refractivity contribution >= 4 is 0 Å². The maximum atomic E-state index is 6.61. The largest absolute Gasteiger partial charge is 0.379 e. The molecule has 2 aliphatic heterocycles. The Hall–Kier alpha value is -0.940. The number of morpholine rings is 1. The van der Waals surface area contributed by atoms with E-state index in [4.69, 9.17) is 9.47 Å². The molecule has 2 aliphatic rings. The van der Waals surface area contributed by atoms with Crippen molar-refractivity contribution in [1.29, 1.82) is 0 Å². The summed E-state index contributed by atoms with van der Waals surface area (Å²) in [4.78, 5) is 5.03. The van der Waals surface area contributed by atoms with Crippen LogP contribution < -0.4 is 0 Å². The van der Waals surface area contributed by atoms with E-state index in [9.17, 15) is 0 Å². The molecule has 1 aromatic carbocycles. The molecule has 128 valence electrons. The number of hydrogen-bond acceptors (Lipinski definition) is 4. The van der Waals surface area contributed by atoms with Gasteiger partial charge < -0.3 is 14.4 Å². The highest BCUT2D eigenvalue weighted by atomic mass is 16.5. The third-order valence-corrected chi connectivity index (χ3v) is 5.20. The fraction of sp³-hybridized carbons (Fsp3) is 0.684. The maximum absolute atomic E-state index is 6.61. The van der Waals surface area contributed by atoms with Gasteiger partial charge in [0.15, 0.2) is 0 Å². The molecule has 0 aromatic heterocycles. The molecule has 2 fully saturated rings. The smallest absolute Gasteiger partial charge is 0.111 e. The molecule has 2 heterocycles. The SMILES string of the molecule is CCCOC1(c2ccccc2)CCN(C)CC1N1CCOCC1. The lowest BCUT2D eigenvalue weighted by Crippen LogP contribution is -2.63. The predicted molar refractivity (Wildman–Crippen MR) is 92.7 cm³/mol. The van der Waals surface area contributed by atoms with Gasteiger partial charge in [0.2, 0.25) is 0 Å². The number of benzene rings is 1.